The number of amides is 1. The van der Waals surface area contributed by atoms with Gasteiger partial charge in [-0.05, 0) is 31.0 Å². The molecule has 120 valence electrons. The van der Waals surface area contributed by atoms with E-state index < -0.39 is 0 Å². The van der Waals surface area contributed by atoms with Crippen LogP contribution < -0.4 is 15.1 Å². The van der Waals surface area contributed by atoms with Crippen molar-refractivity contribution in [1.29, 1.82) is 0 Å². The van der Waals surface area contributed by atoms with Gasteiger partial charge < -0.3 is 15.1 Å². The number of halogens is 1. The summed E-state index contributed by atoms with van der Waals surface area (Å²) < 4.78 is 0. The molecule has 0 unspecified atom stereocenters. The molecule has 0 atom stereocenters. The average Bonchev–Trinajstić information content (AvgIpc) is 3.03. The molecular weight excluding hydrogens is 298 g/mol. The van der Waals surface area contributed by atoms with Crippen molar-refractivity contribution >= 4 is 28.9 Å². The van der Waals surface area contributed by atoms with Gasteiger partial charge >= 0.3 is 0 Å². The molecule has 0 aromatic heterocycles. The monoisotopic (exact) mass is 322 g/mol. The third-order valence-electron chi connectivity index (χ3n) is 4.90. The van der Waals surface area contributed by atoms with Gasteiger partial charge in [0.2, 0.25) is 5.91 Å². The lowest BCUT2D eigenvalue weighted by Crippen LogP contribution is -3.12. The van der Waals surface area contributed by atoms with Gasteiger partial charge in [-0.25, -0.2) is 0 Å². The van der Waals surface area contributed by atoms with Gasteiger partial charge in [-0.1, -0.05) is 24.4 Å². The van der Waals surface area contributed by atoms with Crippen LogP contribution in [0.4, 0.5) is 11.4 Å². The quantitative estimate of drug-likeness (QED) is 0.890. The first-order valence-corrected chi connectivity index (χ1v) is 8.68. The SMILES string of the molecule is C[NH+]1CCN(c2ccc(Cl)cc2NC(=O)C2CCCC2)CC1. The number of likely N-dealkylation sites (N-methyl/N-ethyl adjacent to an activating group) is 1. The average molecular weight is 323 g/mol. The Labute approximate surface area is 137 Å². The van der Waals surface area contributed by atoms with E-state index in [1.54, 1.807) is 4.90 Å². The molecule has 3 rings (SSSR count). The highest BCUT2D eigenvalue weighted by Crippen LogP contribution is 2.32. The summed E-state index contributed by atoms with van der Waals surface area (Å²) in [6.07, 6.45) is 4.36. The Bertz CT molecular complexity index is 535. The number of nitrogens with zero attached hydrogens (tertiary/aromatic N) is 1. The van der Waals surface area contributed by atoms with Crippen LogP contribution in [-0.4, -0.2) is 39.1 Å². The van der Waals surface area contributed by atoms with Gasteiger partial charge in [-0.2, -0.15) is 0 Å². The molecule has 1 amide bonds. The molecule has 4 nitrogen and oxygen atoms in total. The zero-order valence-electron chi connectivity index (χ0n) is 13.2. The van der Waals surface area contributed by atoms with E-state index in [2.05, 4.69) is 17.3 Å². The molecule has 2 aliphatic rings. The van der Waals surface area contributed by atoms with Crippen molar-refractivity contribution in [2.24, 2.45) is 5.92 Å². The number of hydrogen-bond acceptors (Lipinski definition) is 2. The summed E-state index contributed by atoms with van der Waals surface area (Å²) in [5, 5.41) is 3.80. The van der Waals surface area contributed by atoms with Crippen LogP contribution in [-0.2, 0) is 4.79 Å². The smallest absolute Gasteiger partial charge is 0.227 e. The van der Waals surface area contributed by atoms with Crippen molar-refractivity contribution in [2.45, 2.75) is 25.7 Å². The van der Waals surface area contributed by atoms with Crippen molar-refractivity contribution in [3.63, 3.8) is 0 Å². The largest absolute Gasteiger partial charge is 0.359 e. The molecule has 1 heterocycles. The Hall–Kier alpha value is -1.26. The molecule has 5 heteroatoms. The van der Waals surface area contributed by atoms with Gasteiger partial charge in [0, 0.05) is 10.9 Å². The first-order chi connectivity index (χ1) is 10.6. The predicted octanol–water partition coefficient (Wildman–Crippen LogP) is 1.80. The third kappa shape index (κ3) is 3.55. The second-order valence-electron chi connectivity index (χ2n) is 6.58. The van der Waals surface area contributed by atoms with Gasteiger partial charge in [0.1, 0.15) is 0 Å². The third-order valence-corrected chi connectivity index (χ3v) is 5.14. The number of rotatable bonds is 3. The van der Waals surface area contributed by atoms with Crippen molar-refractivity contribution in [1.82, 2.24) is 0 Å². The number of carbonyl (C=O) groups is 1. The van der Waals surface area contributed by atoms with E-state index >= 15 is 0 Å². The van der Waals surface area contributed by atoms with Crippen LogP contribution in [0.15, 0.2) is 18.2 Å². The Morgan fingerprint density at radius 1 is 1.27 bits per heavy atom. The summed E-state index contributed by atoms with van der Waals surface area (Å²) in [5.74, 6) is 0.324. The van der Waals surface area contributed by atoms with Gasteiger partial charge in [0.05, 0.1) is 44.6 Å². The molecule has 2 N–H and O–H groups in total. The number of carbonyl (C=O) groups excluding carboxylic acids is 1. The normalized spacial score (nSPS) is 20.4. The fourth-order valence-corrected chi connectivity index (χ4v) is 3.61. The van der Waals surface area contributed by atoms with Gasteiger partial charge in [0.25, 0.3) is 0 Å². The van der Waals surface area contributed by atoms with Crippen molar-refractivity contribution in [2.75, 3.05) is 43.4 Å². The molecule has 1 aromatic carbocycles. The van der Waals surface area contributed by atoms with Crippen LogP contribution in [0.2, 0.25) is 5.02 Å². The van der Waals surface area contributed by atoms with E-state index in [-0.39, 0.29) is 11.8 Å². The second-order valence-corrected chi connectivity index (χ2v) is 7.01. The molecule has 2 fully saturated rings. The van der Waals surface area contributed by atoms with Crippen molar-refractivity contribution < 1.29 is 9.69 Å². The lowest BCUT2D eigenvalue weighted by atomic mass is 10.1. The molecule has 1 aliphatic carbocycles. The lowest BCUT2D eigenvalue weighted by molar-refractivity contribution is -0.880. The van der Waals surface area contributed by atoms with Gasteiger partial charge in [-0.15, -0.1) is 0 Å². The molecule has 1 saturated carbocycles. The maximum Gasteiger partial charge on any atom is 0.227 e. The van der Waals surface area contributed by atoms with Crippen LogP contribution in [0.5, 0.6) is 0 Å². The number of nitrogens with one attached hydrogen (secondary N) is 2. The Kier molecular flexibility index (Phi) is 4.89. The van der Waals surface area contributed by atoms with Crippen LogP contribution in [0.25, 0.3) is 0 Å². The van der Waals surface area contributed by atoms with Gasteiger partial charge in [-0.3, -0.25) is 4.79 Å². The summed E-state index contributed by atoms with van der Waals surface area (Å²) in [4.78, 5) is 16.3. The van der Waals surface area contributed by atoms with Gasteiger partial charge in [0.15, 0.2) is 0 Å². The summed E-state index contributed by atoms with van der Waals surface area (Å²) in [6.45, 7) is 4.27. The van der Waals surface area contributed by atoms with Crippen LogP contribution in [0, 0.1) is 5.92 Å². The second kappa shape index (κ2) is 6.88. The van der Waals surface area contributed by atoms with E-state index in [0.29, 0.717) is 5.02 Å². The van der Waals surface area contributed by atoms with E-state index in [1.165, 1.54) is 12.8 Å². The first-order valence-electron chi connectivity index (χ1n) is 8.30. The maximum absolute atomic E-state index is 12.4. The predicted molar refractivity (Wildman–Crippen MR) is 90.9 cm³/mol. The van der Waals surface area contributed by atoms with E-state index in [1.807, 2.05) is 18.2 Å². The van der Waals surface area contributed by atoms with Crippen LogP contribution in [0.3, 0.4) is 0 Å². The summed E-state index contributed by atoms with van der Waals surface area (Å²) in [5.41, 5.74) is 1.97. The van der Waals surface area contributed by atoms with Crippen molar-refractivity contribution in [3.8, 4) is 0 Å². The standard InChI is InChI=1S/C17H24ClN3O/c1-20-8-10-21(11-9-20)16-7-6-14(18)12-15(16)19-17(22)13-4-2-3-5-13/h6-7,12-13H,2-5,8-11H2,1H3,(H,19,22)/p+1. The Morgan fingerprint density at radius 2 is 1.95 bits per heavy atom. The number of piperazine rings is 1. The summed E-state index contributed by atoms with van der Waals surface area (Å²) >= 11 is 6.15. The number of hydrogen-bond donors (Lipinski definition) is 2. The van der Waals surface area contributed by atoms with E-state index in [4.69, 9.17) is 11.6 Å². The van der Waals surface area contributed by atoms with E-state index in [9.17, 15) is 4.79 Å². The van der Waals surface area contributed by atoms with E-state index in [0.717, 1.165) is 50.4 Å². The van der Waals surface area contributed by atoms with Crippen LogP contribution >= 0.6 is 11.6 Å². The molecule has 0 radical (unpaired) electrons. The molecule has 22 heavy (non-hydrogen) atoms. The fourth-order valence-electron chi connectivity index (χ4n) is 3.44. The summed E-state index contributed by atoms with van der Waals surface area (Å²) in [7, 11) is 2.22. The molecule has 1 aromatic rings. The minimum Gasteiger partial charge on any atom is -0.359 e. The molecule has 1 aliphatic heterocycles. The molecule has 1 saturated heterocycles. The first kappa shape index (κ1) is 15.6. The lowest BCUT2D eigenvalue weighted by Gasteiger charge is -2.33. The highest BCUT2D eigenvalue weighted by Gasteiger charge is 2.25. The fraction of sp³-hybridized carbons (Fsp3) is 0.588. The minimum absolute atomic E-state index is 0.153. The maximum atomic E-state index is 12.4. The Balaban J connectivity index is 1.77. The molecule has 0 bridgehead atoms. The molecular formula is C17H25ClN3O+. The highest BCUT2D eigenvalue weighted by molar-refractivity contribution is 6.31. The van der Waals surface area contributed by atoms with Crippen LogP contribution in [0.1, 0.15) is 25.7 Å². The number of benzene rings is 1. The topological polar surface area (TPSA) is 36.8 Å². The zero-order valence-corrected chi connectivity index (χ0v) is 14.0. The molecule has 0 spiro atoms. The number of anilines is 2. The minimum atomic E-state index is 0.153. The zero-order chi connectivity index (χ0) is 15.5. The number of quaternary nitrogens is 1. The highest BCUT2D eigenvalue weighted by atomic mass is 35.5. The van der Waals surface area contributed by atoms with Crippen molar-refractivity contribution in [3.05, 3.63) is 23.2 Å². The Morgan fingerprint density at radius 3 is 2.64 bits per heavy atom. The summed E-state index contributed by atoms with van der Waals surface area (Å²) in [6, 6.07) is 5.83.